The molecule has 0 amide bonds. The van der Waals surface area contributed by atoms with Crippen molar-refractivity contribution in [3.05, 3.63) is 89.0 Å². The molecule has 1 atom stereocenters. The topological polar surface area (TPSA) is 45.1 Å². The zero-order valence-electron chi connectivity index (χ0n) is 18.4. The molecule has 0 aliphatic carbocycles. The summed E-state index contributed by atoms with van der Waals surface area (Å²) in [7, 11) is 2.00. The average molecular weight is 403 g/mol. The van der Waals surface area contributed by atoms with Crippen molar-refractivity contribution >= 4 is 12.0 Å². The van der Waals surface area contributed by atoms with E-state index in [9.17, 15) is 5.11 Å². The minimum Gasteiger partial charge on any atom is -0.457 e. The lowest BCUT2D eigenvalue weighted by Crippen LogP contribution is -2.22. The molecule has 0 aromatic heterocycles. The molecule has 4 heteroatoms. The molecule has 0 spiro atoms. The van der Waals surface area contributed by atoms with E-state index in [-0.39, 0.29) is 0 Å². The van der Waals surface area contributed by atoms with E-state index in [1.54, 1.807) is 6.92 Å². The molecule has 30 heavy (non-hydrogen) atoms. The molecule has 3 aromatic carbocycles. The predicted molar refractivity (Wildman–Crippen MR) is 124 cm³/mol. The van der Waals surface area contributed by atoms with Crippen LogP contribution >= 0.6 is 0 Å². The normalized spacial score (nSPS) is 13.3. The van der Waals surface area contributed by atoms with Gasteiger partial charge in [-0.25, -0.2) is 4.99 Å². The summed E-state index contributed by atoms with van der Waals surface area (Å²) in [5.74, 6) is 1.47. The molecule has 0 heterocycles. The lowest BCUT2D eigenvalue weighted by Gasteiger charge is -2.25. The molecule has 0 aliphatic rings. The summed E-state index contributed by atoms with van der Waals surface area (Å²) in [6, 6.07) is 21.3. The van der Waals surface area contributed by atoms with Crippen molar-refractivity contribution in [2.75, 3.05) is 13.6 Å². The van der Waals surface area contributed by atoms with Gasteiger partial charge in [-0.2, -0.15) is 0 Å². The third-order valence-corrected chi connectivity index (χ3v) is 5.35. The number of aryl methyl sites for hydroxylation is 2. The van der Waals surface area contributed by atoms with Crippen LogP contribution < -0.4 is 4.74 Å². The lowest BCUT2D eigenvalue weighted by molar-refractivity contribution is 0.102. The van der Waals surface area contributed by atoms with Gasteiger partial charge in [0.25, 0.3) is 0 Å². The maximum Gasteiger partial charge on any atom is 0.130 e. The Hall–Kier alpha value is -3.11. The highest BCUT2D eigenvalue weighted by molar-refractivity contribution is 5.64. The van der Waals surface area contributed by atoms with Gasteiger partial charge in [0, 0.05) is 13.6 Å². The van der Waals surface area contributed by atoms with Crippen molar-refractivity contribution in [2.24, 2.45) is 4.99 Å². The molecule has 0 saturated carbocycles. The van der Waals surface area contributed by atoms with Gasteiger partial charge in [0.15, 0.2) is 0 Å². The van der Waals surface area contributed by atoms with E-state index in [2.05, 4.69) is 11.9 Å². The summed E-state index contributed by atoms with van der Waals surface area (Å²) >= 11 is 0. The second-order valence-electron chi connectivity index (χ2n) is 7.79. The third-order valence-electron chi connectivity index (χ3n) is 5.35. The average Bonchev–Trinajstić information content (AvgIpc) is 2.75. The van der Waals surface area contributed by atoms with E-state index in [1.165, 1.54) is 0 Å². The fraction of sp³-hybridized carbons (Fsp3) is 0.269. The van der Waals surface area contributed by atoms with Crippen LogP contribution in [0.3, 0.4) is 0 Å². The molecule has 1 N–H and O–H groups in total. The van der Waals surface area contributed by atoms with Crippen LogP contribution in [0.25, 0.3) is 0 Å². The fourth-order valence-electron chi connectivity index (χ4n) is 3.18. The van der Waals surface area contributed by atoms with Crippen LogP contribution in [0.5, 0.6) is 11.5 Å². The van der Waals surface area contributed by atoms with Gasteiger partial charge in [0.2, 0.25) is 0 Å². The van der Waals surface area contributed by atoms with Crippen molar-refractivity contribution in [1.29, 1.82) is 0 Å². The minimum absolute atomic E-state index is 0.688. The highest BCUT2D eigenvalue weighted by Gasteiger charge is 2.25. The Morgan fingerprint density at radius 2 is 1.67 bits per heavy atom. The SMILES string of the molecule is CCN(C)/C=N/c1cc(C)c(Oc2cccc(C(C)(O)c3ccccc3)c2)cc1C. The molecule has 0 aliphatic heterocycles. The first kappa shape index (κ1) is 21.6. The first-order valence-electron chi connectivity index (χ1n) is 10.2. The van der Waals surface area contributed by atoms with E-state index in [4.69, 9.17) is 4.74 Å². The van der Waals surface area contributed by atoms with E-state index < -0.39 is 5.60 Å². The molecule has 4 nitrogen and oxygen atoms in total. The van der Waals surface area contributed by atoms with Gasteiger partial charge in [-0.15, -0.1) is 0 Å². The van der Waals surface area contributed by atoms with Gasteiger partial charge >= 0.3 is 0 Å². The van der Waals surface area contributed by atoms with Crippen molar-refractivity contribution in [3.8, 4) is 11.5 Å². The highest BCUT2D eigenvalue weighted by atomic mass is 16.5. The number of hydrogen-bond donors (Lipinski definition) is 1. The molecule has 156 valence electrons. The molecule has 3 rings (SSSR count). The minimum atomic E-state index is -1.10. The van der Waals surface area contributed by atoms with E-state index >= 15 is 0 Å². The molecular formula is C26H30N2O2. The van der Waals surface area contributed by atoms with Gasteiger partial charge in [0.1, 0.15) is 17.1 Å². The Kier molecular flexibility index (Phi) is 6.58. The second kappa shape index (κ2) is 9.14. The molecule has 0 bridgehead atoms. The Balaban J connectivity index is 1.86. The van der Waals surface area contributed by atoms with E-state index in [0.717, 1.165) is 40.2 Å². The zero-order valence-corrected chi connectivity index (χ0v) is 18.4. The fourth-order valence-corrected chi connectivity index (χ4v) is 3.18. The standard InChI is InChI=1S/C26H30N2O2/c1-6-28(5)18-27-24-15-20(3)25(16-19(24)2)30-23-14-10-13-22(17-23)26(4,29)21-11-8-7-9-12-21/h7-18,29H,6H2,1-5H3/b27-18+. The monoisotopic (exact) mass is 402 g/mol. The third kappa shape index (κ3) is 4.89. The molecule has 3 aromatic rings. The van der Waals surface area contributed by atoms with Crippen molar-refractivity contribution < 1.29 is 9.84 Å². The van der Waals surface area contributed by atoms with Crippen molar-refractivity contribution in [2.45, 2.75) is 33.3 Å². The Morgan fingerprint density at radius 3 is 2.37 bits per heavy atom. The number of hydrogen-bond acceptors (Lipinski definition) is 3. The van der Waals surface area contributed by atoms with Crippen LogP contribution in [-0.4, -0.2) is 29.9 Å². The first-order chi connectivity index (χ1) is 14.3. The summed E-state index contributed by atoms with van der Waals surface area (Å²) < 4.78 is 6.19. The number of benzene rings is 3. The Labute approximate surface area is 179 Å². The molecule has 1 unspecified atom stereocenters. The first-order valence-corrected chi connectivity index (χ1v) is 10.2. The highest BCUT2D eigenvalue weighted by Crippen LogP contribution is 2.35. The summed E-state index contributed by atoms with van der Waals surface area (Å²) in [6.07, 6.45) is 1.84. The van der Waals surface area contributed by atoms with Crippen LogP contribution in [0.1, 0.15) is 36.1 Å². The maximum atomic E-state index is 11.1. The van der Waals surface area contributed by atoms with Crippen LogP contribution in [0.2, 0.25) is 0 Å². The Morgan fingerprint density at radius 1 is 0.967 bits per heavy atom. The maximum absolute atomic E-state index is 11.1. The van der Waals surface area contributed by atoms with Crippen LogP contribution in [0.4, 0.5) is 5.69 Å². The smallest absolute Gasteiger partial charge is 0.130 e. The number of aliphatic hydroxyl groups is 1. The number of aliphatic imine (C=N–C) groups is 1. The molecule has 0 fully saturated rings. The van der Waals surface area contributed by atoms with Gasteiger partial charge in [-0.1, -0.05) is 42.5 Å². The van der Waals surface area contributed by atoms with Gasteiger partial charge < -0.3 is 14.7 Å². The van der Waals surface area contributed by atoms with Crippen molar-refractivity contribution in [1.82, 2.24) is 4.90 Å². The van der Waals surface area contributed by atoms with Crippen LogP contribution in [0.15, 0.2) is 71.7 Å². The molecule has 0 radical (unpaired) electrons. The summed E-state index contributed by atoms with van der Waals surface area (Å²) in [4.78, 5) is 6.61. The van der Waals surface area contributed by atoms with Crippen LogP contribution in [-0.2, 0) is 5.60 Å². The van der Waals surface area contributed by atoms with E-state index in [0.29, 0.717) is 5.75 Å². The van der Waals surface area contributed by atoms with Gasteiger partial charge in [-0.05, 0) is 74.2 Å². The lowest BCUT2D eigenvalue weighted by atomic mass is 9.88. The second-order valence-corrected chi connectivity index (χ2v) is 7.79. The van der Waals surface area contributed by atoms with E-state index in [1.807, 2.05) is 98.9 Å². The number of rotatable bonds is 7. The van der Waals surface area contributed by atoms with Gasteiger partial charge in [-0.3, -0.25) is 0 Å². The van der Waals surface area contributed by atoms with Crippen molar-refractivity contribution in [3.63, 3.8) is 0 Å². The summed E-state index contributed by atoms with van der Waals surface area (Å²) in [5, 5.41) is 11.1. The largest absolute Gasteiger partial charge is 0.457 e. The Bertz CT molecular complexity index is 1030. The van der Waals surface area contributed by atoms with Gasteiger partial charge in [0.05, 0.1) is 12.0 Å². The predicted octanol–water partition coefficient (Wildman–Crippen LogP) is 5.96. The summed E-state index contributed by atoms with van der Waals surface area (Å²) in [6.45, 7) is 8.84. The van der Waals surface area contributed by atoms with Crippen LogP contribution in [0, 0.1) is 13.8 Å². The molecular weight excluding hydrogens is 372 g/mol. The zero-order chi connectivity index (χ0) is 21.7. The molecule has 0 saturated heterocycles. The number of ether oxygens (including phenoxy) is 1. The quantitative estimate of drug-likeness (QED) is 0.391. The number of nitrogens with zero attached hydrogens (tertiary/aromatic N) is 2. The summed E-state index contributed by atoms with van der Waals surface area (Å²) in [5.41, 5.74) is 3.50.